The van der Waals surface area contributed by atoms with Gasteiger partial charge in [0.1, 0.15) is 5.01 Å². The summed E-state index contributed by atoms with van der Waals surface area (Å²) in [4.78, 5) is 10.0. The maximum Gasteiger partial charge on any atom is 0.206 e. The van der Waals surface area contributed by atoms with Gasteiger partial charge >= 0.3 is 0 Å². The molecule has 3 nitrogen and oxygen atoms in total. The number of nitrogens with zero attached hydrogens (tertiary/aromatic N) is 2. The number of rotatable bonds is 2. The molecule has 15 heavy (non-hydrogen) atoms. The molecule has 0 spiro atoms. The van der Waals surface area contributed by atoms with Crippen molar-refractivity contribution in [3.63, 3.8) is 0 Å². The van der Waals surface area contributed by atoms with E-state index in [0.29, 0.717) is 6.04 Å². The predicted octanol–water partition coefficient (Wildman–Crippen LogP) is 2.95. The second-order valence-corrected chi connectivity index (χ2v) is 4.99. The van der Waals surface area contributed by atoms with Crippen LogP contribution in [0.2, 0.25) is 0 Å². The number of hydroxylamine groups is 2. The third-order valence-electron chi connectivity index (χ3n) is 2.44. The molecule has 0 bridgehead atoms. The van der Waals surface area contributed by atoms with Crippen LogP contribution in [0.15, 0.2) is 24.3 Å². The molecule has 0 aliphatic carbocycles. The summed E-state index contributed by atoms with van der Waals surface area (Å²) in [6.45, 7) is 4.24. The third-order valence-corrected chi connectivity index (χ3v) is 3.50. The van der Waals surface area contributed by atoms with Crippen LogP contribution in [0.1, 0.15) is 25.1 Å². The second kappa shape index (κ2) is 3.27. The molecule has 3 rings (SSSR count). The average Bonchev–Trinajstić information content (AvgIpc) is 2.91. The first kappa shape index (κ1) is 9.27. The smallest absolute Gasteiger partial charge is 0.206 e. The van der Waals surface area contributed by atoms with Crippen molar-refractivity contribution in [1.82, 2.24) is 10.0 Å². The zero-order chi connectivity index (χ0) is 10.4. The number of aromatic nitrogens is 1. The number of para-hydroxylation sites is 1. The Hall–Kier alpha value is -0.970. The average molecular weight is 220 g/mol. The summed E-state index contributed by atoms with van der Waals surface area (Å²) >= 11 is 1.71. The lowest BCUT2D eigenvalue weighted by Crippen LogP contribution is -2.08. The summed E-state index contributed by atoms with van der Waals surface area (Å²) in [6.07, 6.45) is 0.0856. The van der Waals surface area contributed by atoms with Crippen LogP contribution in [0.4, 0.5) is 0 Å². The Bertz CT molecular complexity index is 461. The van der Waals surface area contributed by atoms with Crippen molar-refractivity contribution in [2.75, 3.05) is 0 Å². The fraction of sp³-hybridized carbons (Fsp3) is 0.364. The molecule has 2 aromatic rings. The van der Waals surface area contributed by atoms with Gasteiger partial charge in [-0.25, -0.2) is 4.98 Å². The molecule has 0 radical (unpaired) electrons. The van der Waals surface area contributed by atoms with Gasteiger partial charge in [0.05, 0.1) is 10.2 Å². The van der Waals surface area contributed by atoms with Gasteiger partial charge in [0.2, 0.25) is 6.23 Å². The lowest BCUT2D eigenvalue weighted by atomic mass is 10.3. The Labute approximate surface area is 92.3 Å². The lowest BCUT2D eigenvalue weighted by molar-refractivity contribution is 0.164. The summed E-state index contributed by atoms with van der Waals surface area (Å²) in [5.74, 6) is 0. The van der Waals surface area contributed by atoms with Gasteiger partial charge in [-0.2, -0.15) is 0 Å². The van der Waals surface area contributed by atoms with Crippen LogP contribution < -0.4 is 0 Å². The third kappa shape index (κ3) is 1.55. The van der Waals surface area contributed by atoms with E-state index in [1.165, 1.54) is 4.70 Å². The van der Waals surface area contributed by atoms with Gasteiger partial charge in [0, 0.05) is 6.04 Å². The van der Waals surface area contributed by atoms with Crippen molar-refractivity contribution >= 4 is 21.6 Å². The zero-order valence-electron chi connectivity index (χ0n) is 8.68. The molecule has 1 aromatic carbocycles. The fourth-order valence-electron chi connectivity index (χ4n) is 1.63. The molecular weight excluding hydrogens is 208 g/mol. The van der Waals surface area contributed by atoms with E-state index in [4.69, 9.17) is 4.84 Å². The van der Waals surface area contributed by atoms with E-state index >= 15 is 0 Å². The summed E-state index contributed by atoms with van der Waals surface area (Å²) < 4.78 is 1.23. The van der Waals surface area contributed by atoms with E-state index in [1.807, 2.05) is 23.3 Å². The number of benzene rings is 1. The van der Waals surface area contributed by atoms with Crippen molar-refractivity contribution in [2.24, 2.45) is 0 Å². The first-order valence-corrected chi connectivity index (χ1v) is 5.88. The Morgan fingerprint density at radius 2 is 2.20 bits per heavy atom. The van der Waals surface area contributed by atoms with Gasteiger partial charge in [-0.05, 0) is 26.0 Å². The van der Waals surface area contributed by atoms with Crippen molar-refractivity contribution in [2.45, 2.75) is 26.1 Å². The number of hydrogen-bond acceptors (Lipinski definition) is 4. The SMILES string of the molecule is CC(C)N1OC1c1nc2ccccc2s1. The highest BCUT2D eigenvalue weighted by molar-refractivity contribution is 7.18. The van der Waals surface area contributed by atoms with Gasteiger partial charge in [-0.1, -0.05) is 12.1 Å². The second-order valence-electron chi connectivity index (χ2n) is 3.93. The summed E-state index contributed by atoms with van der Waals surface area (Å²) in [5, 5.41) is 3.03. The molecular formula is C11H12N2OS. The zero-order valence-corrected chi connectivity index (χ0v) is 9.49. The Morgan fingerprint density at radius 3 is 2.87 bits per heavy atom. The maximum atomic E-state index is 5.48. The Morgan fingerprint density at radius 1 is 1.40 bits per heavy atom. The number of hydrogen-bond donors (Lipinski definition) is 0. The fourth-order valence-corrected chi connectivity index (χ4v) is 2.61. The molecule has 2 atom stereocenters. The minimum Gasteiger partial charge on any atom is -0.267 e. The molecule has 1 aliphatic rings. The summed E-state index contributed by atoms with van der Waals surface area (Å²) in [5.41, 5.74) is 1.07. The molecule has 4 heteroatoms. The number of thiazole rings is 1. The van der Waals surface area contributed by atoms with Crippen LogP contribution in [0.3, 0.4) is 0 Å². The molecule has 1 aromatic heterocycles. The van der Waals surface area contributed by atoms with Crippen LogP contribution in [-0.2, 0) is 4.84 Å². The van der Waals surface area contributed by atoms with Crippen molar-refractivity contribution in [3.05, 3.63) is 29.3 Å². The monoisotopic (exact) mass is 220 g/mol. The van der Waals surface area contributed by atoms with E-state index < -0.39 is 0 Å². The highest BCUT2D eigenvalue weighted by Crippen LogP contribution is 2.41. The first-order valence-electron chi connectivity index (χ1n) is 5.06. The quantitative estimate of drug-likeness (QED) is 0.728. The van der Waals surface area contributed by atoms with Crippen LogP contribution in [-0.4, -0.2) is 16.1 Å². The molecule has 78 valence electrons. The van der Waals surface area contributed by atoms with E-state index in [0.717, 1.165) is 10.5 Å². The van der Waals surface area contributed by atoms with E-state index in [2.05, 4.69) is 24.9 Å². The largest absolute Gasteiger partial charge is 0.267 e. The van der Waals surface area contributed by atoms with E-state index in [1.54, 1.807) is 11.3 Å². The molecule has 0 N–H and O–H groups in total. The Balaban J connectivity index is 1.94. The summed E-state index contributed by atoms with van der Waals surface area (Å²) in [6, 6.07) is 8.61. The Kier molecular flexibility index (Phi) is 2.02. The molecule has 1 aliphatic heterocycles. The molecule has 2 heterocycles. The topological polar surface area (TPSA) is 28.4 Å². The minimum atomic E-state index is 0.0856. The van der Waals surface area contributed by atoms with Gasteiger partial charge in [-0.3, -0.25) is 4.84 Å². The van der Waals surface area contributed by atoms with Crippen LogP contribution in [0.25, 0.3) is 10.2 Å². The number of fused-ring (bicyclic) bond motifs is 1. The highest BCUT2D eigenvalue weighted by atomic mass is 32.1. The highest BCUT2D eigenvalue weighted by Gasteiger charge is 2.42. The summed E-state index contributed by atoms with van der Waals surface area (Å²) in [7, 11) is 0. The lowest BCUT2D eigenvalue weighted by Gasteiger charge is -1.98. The standard InChI is InChI=1S/C11H12N2OS/c1-7(2)13-11(14-13)10-12-8-5-3-4-6-9(8)15-10/h3-7,11H,1-2H3. The van der Waals surface area contributed by atoms with E-state index in [9.17, 15) is 0 Å². The maximum absolute atomic E-state index is 5.48. The van der Waals surface area contributed by atoms with Crippen LogP contribution in [0, 0.1) is 0 Å². The van der Waals surface area contributed by atoms with Crippen molar-refractivity contribution in [3.8, 4) is 0 Å². The van der Waals surface area contributed by atoms with Crippen LogP contribution >= 0.6 is 11.3 Å². The van der Waals surface area contributed by atoms with E-state index in [-0.39, 0.29) is 6.23 Å². The molecule has 0 amide bonds. The van der Waals surface area contributed by atoms with Crippen molar-refractivity contribution in [1.29, 1.82) is 0 Å². The van der Waals surface area contributed by atoms with Crippen LogP contribution in [0.5, 0.6) is 0 Å². The van der Waals surface area contributed by atoms with Gasteiger partial charge in [0.25, 0.3) is 0 Å². The predicted molar refractivity (Wildman–Crippen MR) is 60.4 cm³/mol. The normalized spacial score (nSPS) is 25.0. The van der Waals surface area contributed by atoms with Gasteiger partial charge < -0.3 is 0 Å². The molecule has 1 fully saturated rings. The first-order chi connectivity index (χ1) is 7.25. The molecule has 2 unspecified atom stereocenters. The van der Waals surface area contributed by atoms with Crippen molar-refractivity contribution < 1.29 is 4.84 Å². The van der Waals surface area contributed by atoms with Gasteiger partial charge in [-0.15, -0.1) is 16.4 Å². The molecule has 1 saturated heterocycles. The van der Waals surface area contributed by atoms with Gasteiger partial charge in [0.15, 0.2) is 0 Å². The molecule has 0 saturated carbocycles. The minimum absolute atomic E-state index is 0.0856.